The number of nitrogens with one attached hydrogen (secondary N) is 1. The van der Waals surface area contributed by atoms with E-state index >= 15 is 0 Å². The molecule has 82 valence electrons. The molecule has 2 nitrogen and oxygen atoms in total. The van der Waals surface area contributed by atoms with Crippen LogP contribution in [0, 0.1) is 0 Å². The summed E-state index contributed by atoms with van der Waals surface area (Å²) in [6, 6.07) is 9.19. The topological polar surface area (TPSA) is 15.3 Å². The predicted octanol–water partition coefficient (Wildman–Crippen LogP) is 2.24. The summed E-state index contributed by atoms with van der Waals surface area (Å²) < 4.78 is 1.17. The number of hydrogen-bond donors (Lipinski definition) is 1. The molecule has 2 rings (SSSR count). The van der Waals surface area contributed by atoms with Crippen molar-refractivity contribution in [2.45, 2.75) is 19.5 Å². The Morgan fingerprint density at radius 1 is 1.53 bits per heavy atom. The average Bonchev–Trinajstić information content (AvgIpc) is 2.17. The van der Waals surface area contributed by atoms with E-state index in [1.165, 1.54) is 10.0 Å². The molecular weight excluding hydrogens is 252 g/mol. The van der Waals surface area contributed by atoms with Gasteiger partial charge in [-0.25, -0.2) is 0 Å². The number of halogens is 1. The third-order valence-corrected chi connectivity index (χ3v) is 3.24. The zero-order valence-electron chi connectivity index (χ0n) is 9.04. The summed E-state index contributed by atoms with van der Waals surface area (Å²) in [6.45, 7) is 6.71. The van der Waals surface area contributed by atoms with Crippen LogP contribution < -0.4 is 5.32 Å². The summed E-state index contributed by atoms with van der Waals surface area (Å²) in [4.78, 5) is 2.50. The molecule has 1 saturated heterocycles. The normalized spacial score (nSPS) is 22.9. The molecule has 1 aromatic carbocycles. The Hall–Kier alpha value is -0.380. The Kier molecular flexibility index (Phi) is 3.78. The molecule has 0 aromatic heterocycles. The van der Waals surface area contributed by atoms with Crippen LogP contribution >= 0.6 is 15.9 Å². The molecule has 1 fully saturated rings. The fourth-order valence-electron chi connectivity index (χ4n) is 2.05. The molecule has 0 radical (unpaired) electrons. The number of benzene rings is 1. The highest BCUT2D eigenvalue weighted by molar-refractivity contribution is 9.10. The molecule has 1 atom stereocenters. The maximum atomic E-state index is 3.51. The van der Waals surface area contributed by atoms with Gasteiger partial charge in [-0.1, -0.05) is 28.1 Å². The number of rotatable bonds is 2. The lowest BCUT2D eigenvalue weighted by atomic mass is 10.1. The minimum atomic E-state index is 0.617. The third-order valence-electron chi connectivity index (χ3n) is 2.75. The van der Waals surface area contributed by atoms with Crippen molar-refractivity contribution in [1.82, 2.24) is 10.2 Å². The maximum Gasteiger partial charge on any atom is 0.0235 e. The molecule has 1 aromatic rings. The van der Waals surface area contributed by atoms with Gasteiger partial charge >= 0.3 is 0 Å². The molecule has 0 saturated carbocycles. The Morgan fingerprint density at radius 2 is 2.40 bits per heavy atom. The zero-order chi connectivity index (χ0) is 10.7. The highest BCUT2D eigenvalue weighted by Crippen LogP contribution is 2.14. The van der Waals surface area contributed by atoms with E-state index in [0.717, 1.165) is 26.2 Å². The largest absolute Gasteiger partial charge is 0.312 e. The van der Waals surface area contributed by atoms with E-state index in [9.17, 15) is 0 Å². The Labute approximate surface area is 99.8 Å². The van der Waals surface area contributed by atoms with Crippen LogP contribution in [0.5, 0.6) is 0 Å². The number of piperazine rings is 1. The first kappa shape index (κ1) is 11.1. The van der Waals surface area contributed by atoms with Gasteiger partial charge in [-0.05, 0) is 24.6 Å². The molecule has 1 heterocycles. The molecule has 0 spiro atoms. The molecule has 1 unspecified atom stereocenters. The van der Waals surface area contributed by atoms with Gasteiger partial charge in [0.05, 0.1) is 0 Å². The molecule has 0 amide bonds. The van der Waals surface area contributed by atoms with E-state index in [1.807, 2.05) is 0 Å². The van der Waals surface area contributed by atoms with Gasteiger partial charge in [0.25, 0.3) is 0 Å². The fourth-order valence-corrected chi connectivity index (χ4v) is 2.50. The lowest BCUT2D eigenvalue weighted by Gasteiger charge is -2.31. The number of nitrogens with zero attached hydrogens (tertiary/aromatic N) is 1. The molecular formula is C12H17BrN2. The van der Waals surface area contributed by atoms with E-state index in [2.05, 4.69) is 57.3 Å². The molecule has 1 aliphatic heterocycles. The van der Waals surface area contributed by atoms with Crippen LogP contribution in [0.2, 0.25) is 0 Å². The second-order valence-electron chi connectivity index (χ2n) is 4.22. The molecule has 15 heavy (non-hydrogen) atoms. The van der Waals surface area contributed by atoms with Crippen LogP contribution in [0.4, 0.5) is 0 Å². The predicted molar refractivity (Wildman–Crippen MR) is 66.9 cm³/mol. The van der Waals surface area contributed by atoms with E-state index in [4.69, 9.17) is 0 Å². The van der Waals surface area contributed by atoms with Crippen LogP contribution in [0.3, 0.4) is 0 Å². The second kappa shape index (κ2) is 5.10. The Morgan fingerprint density at radius 3 is 3.13 bits per heavy atom. The van der Waals surface area contributed by atoms with Crippen LogP contribution in [0.15, 0.2) is 28.7 Å². The van der Waals surface area contributed by atoms with Crippen molar-refractivity contribution in [2.75, 3.05) is 19.6 Å². The summed E-state index contributed by atoms with van der Waals surface area (Å²) >= 11 is 3.51. The van der Waals surface area contributed by atoms with Gasteiger partial charge in [0.15, 0.2) is 0 Å². The summed E-state index contributed by atoms with van der Waals surface area (Å²) in [7, 11) is 0. The van der Waals surface area contributed by atoms with E-state index in [-0.39, 0.29) is 0 Å². The van der Waals surface area contributed by atoms with Crippen molar-refractivity contribution in [2.24, 2.45) is 0 Å². The van der Waals surface area contributed by atoms with Crippen LogP contribution in [0.25, 0.3) is 0 Å². The minimum Gasteiger partial charge on any atom is -0.312 e. The quantitative estimate of drug-likeness (QED) is 0.885. The summed E-state index contributed by atoms with van der Waals surface area (Å²) in [5.74, 6) is 0. The zero-order valence-corrected chi connectivity index (χ0v) is 10.6. The van der Waals surface area contributed by atoms with Gasteiger partial charge < -0.3 is 5.32 Å². The van der Waals surface area contributed by atoms with Gasteiger partial charge in [-0.15, -0.1) is 0 Å². The Bertz CT molecular complexity index is 327. The standard InChI is InChI=1S/C12H17BrN2/c1-10-8-15(6-5-14-10)9-11-3-2-4-12(13)7-11/h2-4,7,10,14H,5-6,8-9H2,1H3. The summed E-state index contributed by atoms with van der Waals surface area (Å²) in [6.07, 6.45) is 0. The average molecular weight is 269 g/mol. The van der Waals surface area contributed by atoms with Gasteiger partial charge in [0.1, 0.15) is 0 Å². The SMILES string of the molecule is CC1CN(Cc2cccc(Br)c2)CCN1. The first-order valence-electron chi connectivity index (χ1n) is 5.44. The monoisotopic (exact) mass is 268 g/mol. The summed E-state index contributed by atoms with van der Waals surface area (Å²) in [5.41, 5.74) is 1.39. The molecule has 1 N–H and O–H groups in total. The van der Waals surface area contributed by atoms with Crippen molar-refractivity contribution in [3.8, 4) is 0 Å². The molecule has 1 aliphatic rings. The first-order valence-corrected chi connectivity index (χ1v) is 6.23. The van der Waals surface area contributed by atoms with E-state index in [0.29, 0.717) is 6.04 Å². The number of hydrogen-bond acceptors (Lipinski definition) is 2. The third kappa shape index (κ3) is 3.30. The highest BCUT2D eigenvalue weighted by atomic mass is 79.9. The van der Waals surface area contributed by atoms with Crippen molar-refractivity contribution in [1.29, 1.82) is 0 Å². The van der Waals surface area contributed by atoms with Crippen LogP contribution in [0.1, 0.15) is 12.5 Å². The van der Waals surface area contributed by atoms with Crippen LogP contribution in [-0.2, 0) is 6.54 Å². The maximum absolute atomic E-state index is 3.51. The Balaban J connectivity index is 1.96. The van der Waals surface area contributed by atoms with Crippen molar-refractivity contribution in [3.05, 3.63) is 34.3 Å². The summed E-state index contributed by atoms with van der Waals surface area (Å²) in [5, 5.41) is 3.46. The van der Waals surface area contributed by atoms with Gasteiger partial charge in [-0.3, -0.25) is 4.90 Å². The van der Waals surface area contributed by atoms with Crippen LogP contribution in [-0.4, -0.2) is 30.6 Å². The van der Waals surface area contributed by atoms with Crippen molar-refractivity contribution >= 4 is 15.9 Å². The molecule has 3 heteroatoms. The van der Waals surface area contributed by atoms with Crippen molar-refractivity contribution < 1.29 is 0 Å². The van der Waals surface area contributed by atoms with Gasteiger partial charge in [0, 0.05) is 36.7 Å². The highest BCUT2D eigenvalue weighted by Gasteiger charge is 2.15. The lowest BCUT2D eigenvalue weighted by Crippen LogP contribution is -2.48. The lowest BCUT2D eigenvalue weighted by molar-refractivity contribution is 0.199. The van der Waals surface area contributed by atoms with Crippen molar-refractivity contribution in [3.63, 3.8) is 0 Å². The van der Waals surface area contributed by atoms with E-state index in [1.54, 1.807) is 0 Å². The fraction of sp³-hybridized carbons (Fsp3) is 0.500. The first-order chi connectivity index (χ1) is 7.24. The minimum absolute atomic E-state index is 0.617. The molecule has 0 bridgehead atoms. The second-order valence-corrected chi connectivity index (χ2v) is 5.14. The van der Waals surface area contributed by atoms with Gasteiger partial charge in [-0.2, -0.15) is 0 Å². The molecule has 0 aliphatic carbocycles. The van der Waals surface area contributed by atoms with E-state index < -0.39 is 0 Å². The van der Waals surface area contributed by atoms with Gasteiger partial charge in [0.2, 0.25) is 0 Å². The smallest absolute Gasteiger partial charge is 0.0235 e.